The van der Waals surface area contributed by atoms with Gasteiger partial charge in [-0.05, 0) is 36.8 Å². The fraction of sp³-hybridized carbons (Fsp3) is 0.167. The maximum absolute atomic E-state index is 13.0. The molecule has 0 spiro atoms. The van der Waals surface area contributed by atoms with Crippen LogP contribution in [0.1, 0.15) is 31.4 Å². The number of para-hydroxylation sites is 2. The predicted molar refractivity (Wildman–Crippen MR) is 112 cm³/mol. The Morgan fingerprint density at radius 3 is 1.71 bits per heavy atom. The van der Waals surface area contributed by atoms with E-state index in [1.165, 1.54) is 0 Å². The Morgan fingerprint density at radius 2 is 1.21 bits per heavy atom. The van der Waals surface area contributed by atoms with Gasteiger partial charge >= 0.3 is 0 Å². The minimum atomic E-state index is -0.134. The predicted octanol–water partition coefficient (Wildman–Crippen LogP) is 5.01. The lowest BCUT2D eigenvalue weighted by molar-refractivity contribution is -0.125. The minimum absolute atomic E-state index is 0.0943. The van der Waals surface area contributed by atoms with Gasteiger partial charge in [0.05, 0.1) is 6.04 Å². The summed E-state index contributed by atoms with van der Waals surface area (Å²) in [6.45, 7) is 1.94. The summed E-state index contributed by atoms with van der Waals surface area (Å²) in [5.74, 6) is -0.245. The Morgan fingerprint density at radius 1 is 0.750 bits per heavy atom. The summed E-state index contributed by atoms with van der Waals surface area (Å²) in [5.41, 5.74) is 2.62. The molecule has 142 valence electrons. The van der Waals surface area contributed by atoms with Gasteiger partial charge in [-0.3, -0.25) is 14.5 Å². The van der Waals surface area contributed by atoms with E-state index in [-0.39, 0.29) is 30.7 Å². The molecule has 0 fully saturated rings. The molecule has 0 aliphatic rings. The van der Waals surface area contributed by atoms with Gasteiger partial charge in [-0.1, -0.05) is 66.7 Å². The second kappa shape index (κ2) is 9.51. The van der Waals surface area contributed by atoms with E-state index in [0.717, 1.165) is 16.9 Å². The summed E-state index contributed by atoms with van der Waals surface area (Å²) < 4.78 is 0. The molecule has 0 aromatic heterocycles. The van der Waals surface area contributed by atoms with Crippen LogP contribution in [0.25, 0.3) is 0 Å². The van der Waals surface area contributed by atoms with Crippen molar-refractivity contribution in [2.24, 2.45) is 0 Å². The van der Waals surface area contributed by atoms with Crippen LogP contribution in [0, 0.1) is 0 Å². The summed E-state index contributed by atoms with van der Waals surface area (Å²) in [5, 5.41) is 2.96. The van der Waals surface area contributed by atoms with Crippen molar-refractivity contribution in [2.75, 3.05) is 4.90 Å². The summed E-state index contributed by atoms with van der Waals surface area (Å²) in [4.78, 5) is 27.0. The zero-order chi connectivity index (χ0) is 19.8. The van der Waals surface area contributed by atoms with Crippen molar-refractivity contribution in [3.8, 4) is 0 Å². The number of carbonyl (C=O) groups is 2. The first-order chi connectivity index (χ1) is 13.6. The van der Waals surface area contributed by atoms with E-state index in [1.807, 2.05) is 97.9 Å². The molecule has 3 rings (SSSR count). The highest BCUT2D eigenvalue weighted by Gasteiger charge is 2.19. The molecule has 1 atom stereocenters. The number of carbonyl (C=O) groups excluding carboxylic acids is 2. The molecule has 0 saturated carbocycles. The third-order valence-electron chi connectivity index (χ3n) is 4.52. The first-order valence-corrected chi connectivity index (χ1v) is 9.42. The van der Waals surface area contributed by atoms with E-state index in [1.54, 1.807) is 4.90 Å². The highest BCUT2D eigenvalue weighted by atomic mass is 16.2. The molecule has 0 heterocycles. The molecule has 1 unspecified atom stereocenters. The van der Waals surface area contributed by atoms with Gasteiger partial charge in [0.15, 0.2) is 0 Å². The third kappa shape index (κ3) is 5.07. The lowest BCUT2D eigenvalue weighted by Crippen LogP contribution is -2.30. The molecule has 28 heavy (non-hydrogen) atoms. The molecule has 0 aliphatic heterocycles. The number of benzene rings is 3. The van der Waals surface area contributed by atoms with Crippen LogP contribution in [0.3, 0.4) is 0 Å². The van der Waals surface area contributed by atoms with Crippen molar-refractivity contribution in [3.05, 3.63) is 96.6 Å². The Balaban J connectivity index is 1.65. The van der Waals surface area contributed by atoms with Gasteiger partial charge in [0.1, 0.15) is 0 Å². The zero-order valence-electron chi connectivity index (χ0n) is 15.9. The van der Waals surface area contributed by atoms with Crippen LogP contribution in [0.4, 0.5) is 11.4 Å². The average Bonchev–Trinajstić information content (AvgIpc) is 2.74. The van der Waals surface area contributed by atoms with Gasteiger partial charge in [-0.15, -0.1) is 0 Å². The van der Waals surface area contributed by atoms with E-state index in [2.05, 4.69) is 5.32 Å². The summed E-state index contributed by atoms with van der Waals surface area (Å²) in [6.07, 6.45) is 0.281. The number of hydrogen-bond acceptors (Lipinski definition) is 2. The maximum Gasteiger partial charge on any atom is 0.232 e. The van der Waals surface area contributed by atoms with Gasteiger partial charge in [0.25, 0.3) is 0 Å². The number of nitrogens with one attached hydrogen (secondary N) is 1. The van der Waals surface area contributed by atoms with E-state index in [4.69, 9.17) is 0 Å². The molecule has 0 aliphatic carbocycles. The van der Waals surface area contributed by atoms with Crippen molar-refractivity contribution in [2.45, 2.75) is 25.8 Å². The van der Waals surface area contributed by atoms with Crippen molar-refractivity contribution in [3.63, 3.8) is 0 Å². The van der Waals surface area contributed by atoms with Crippen LogP contribution < -0.4 is 10.2 Å². The van der Waals surface area contributed by atoms with Crippen molar-refractivity contribution >= 4 is 23.2 Å². The van der Waals surface area contributed by atoms with E-state index >= 15 is 0 Å². The minimum Gasteiger partial charge on any atom is -0.350 e. The van der Waals surface area contributed by atoms with Crippen LogP contribution in [-0.2, 0) is 9.59 Å². The smallest absolute Gasteiger partial charge is 0.232 e. The van der Waals surface area contributed by atoms with Crippen LogP contribution >= 0.6 is 0 Å². The molecule has 4 heteroatoms. The third-order valence-corrected chi connectivity index (χ3v) is 4.52. The second-order valence-electron chi connectivity index (χ2n) is 6.60. The van der Waals surface area contributed by atoms with Crippen LogP contribution in [0.2, 0.25) is 0 Å². The van der Waals surface area contributed by atoms with Crippen LogP contribution in [-0.4, -0.2) is 11.8 Å². The number of anilines is 2. The molecular formula is C24H24N2O2. The summed E-state index contributed by atoms with van der Waals surface area (Å²) in [7, 11) is 0. The first kappa shape index (κ1) is 19.4. The monoisotopic (exact) mass is 372 g/mol. The molecular weight excluding hydrogens is 348 g/mol. The molecule has 0 bridgehead atoms. The molecule has 2 amide bonds. The summed E-state index contributed by atoms with van der Waals surface area (Å²) in [6, 6.07) is 28.7. The normalized spacial score (nSPS) is 11.5. The molecule has 0 saturated heterocycles. The zero-order valence-corrected chi connectivity index (χ0v) is 15.9. The van der Waals surface area contributed by atoms with Gasteiger partial charge in [0.2, 0.25) is 11.8 Å². The van der Waals surface area contributed by atoms with Crippen LogP contribution in [0.15, 0.2) is 91.0 Å². The molecule has 3 aromatic carbocycles. The van der Waals surface area contributed by atoms with Gasteiger partial charge < -0.3 is 5.32 Å². The number of amides is 2. The topological polar surface area (TPSA) is 49.4 Å². The van der Waals surface area contributed by atoms with Crippen molar-refractivity contribution in [1.82, 2.24) is 5.32 Å². The molecule has 4 nitrogen and oxygen atoms in total. The molecule has 1 N–H and O–H groups in total. The number of hydrogen-bond donors (Lipinski definition) is 1. The highest BCUT2D eigenvalue weighted by molar-refractivity contribution is 6.01. The van der Waals surface area contributed by atoms with Crippen molar-refractivity contribution < 1.29 is 9.59 Å². The van der Waals surface area contributed by atoms with Gasteiger partial charge in [-0.25, -0.2) is 0 Å². The Labute approximate surface area is 165 Å². The Bertz CT molecular complexity index is 856. The maximum atomic E-state index is 13.0. The molecule has 3 aromatic rings. The van der Waals surface area contributed by atoms with Gasteiger partial charge in [0, 0.05) is 24.2 Å². The standard InChI is InChI=1S/C24H24N2O2/c1-19(20-11-5-2-6-12-20)25-23(27)17-18-24(28)26(21-13-7-3-8-14-21)22-15-9-4-10-16-22/h2-16,19H,17-18H2,1H3,(H,25,27). The first-order valence-electron chi connectivity index (χ1n) is 9.42. The van der Waals surface area contributed by atoms with E-state index in [9.17, 15) is 9.59 Å². The van der Waals surface area contributed by atoms with Gasteiger partial charge in [-0.2, -0.15) is 0 Å². The second-order valence-corrected chi connectivity index (χ2v) is 6.60. The fourth-order valence-corrected chi connectivity index (χ4v) is 3.06. The molecule has 0 radical (unpaired) electrons. The van der Waals surface area contributed by atoms with Crippen LogP contribution in [0.5, 0.6) is 0 Å². The summed E-state index contributed by atoms with van der Waals surface area (Å²) >= 11 is 0. The SMILES string of the molecule is CC(NC(=O)CCC(=O)N(c1ccccc1)c1ccccc1)c1ccccc1. The highest BCUT2D eigenvalue weighted by Crippen LogP contribution is 2.26. The largest absolute Gasteiger partial charge is 0.350 e. The van der Waals surface area contributed by atoms with E-state index in [0.29, 0.717) is 0 Å². The average molecular weight is 372 g/mol. The fourth-order valence-electron chi connectivity index (χ4n) is 3.06. The number of rotatable bonds is 7. The Hall–Kier alpha value is -3.40. The lowest BCUT2D eigenvalue weighted by Gasteiger charge is -2.23. The van der Waals surface area contributed by atoms with Crippen molar-refractivity contribution in [1.29, 1.82) is 0 Å². The van der Waals surface area contributed by atoms with E-state index < -0.39 is 0 Å². The lowest BCUT2D eigenvalue weighted by atomic mass is 10.1. The number of nitrogens with zero attached hydrogens (tertiary/aromatic N) is 1. The quantitative estimate of drug-likeness (QED) is 0.634. The Kier molecular flexibility index (Phi) is 6.58.